The topological polar surface area (TPSA) is 75.2 Å². The fourth-order valence-electron chi connectivity index (χ4n) is 0.588. The lowest BCUT2D eigenvalue weighted by atomic mass is 10.6. The minimum atomic E-state index is -1.10. The molecule has 1 atom stereocenters. The Labute approximate surface area is 63.0 Å². The van der Waals surface area contributed by atoms with Crippen molar-refractivity contribution in [1.29, 1.82) is 0 Å². The van der Waals surface area contributed by atoms with Crippen LogP contribution in [-0.4, -0.2) is 27.3 Å². The van der Waals surface area contributed by atoms with Crippen LogP contribution < -0.4 is 0 Å². The summed E-state index contributed by atoms with van der Waals surface area (Å²) in [5, 5.41) is 8.64. The number of aromatic amines is 1. The molecule has 0 amide bonds. The molecule has 0 saturated carbocycles. The van der Waals surface area contributed by atoms with E-state index in [4.69, 9.17) is 5.11 Å². The van der Waals surface area contributed by atoms with E-state index in [0.717, 1.165) is 0 Å². The van der Waals surface area contributed by atoms with Gasteiger partial charge in [0, 0.05) is 12.4 Å². The first-order valence-electron chi connectivity index (χ1n) is 3.08. The second-order valence-corrected chi connectivity index (χ2v) is 1.94. The number of rotatable bonds is 2. The average Bonchev–Trinajstić information content (AvgIpc) is 2.35. The van der Waals surface area contributed by atoms with Crippen LogP contribution in [0.4, 0.5) is 0 Å². The zero-order valence-electron chi connectivity index (χ0n) is 5.94. The number of carbonyl (C=O) groups is 1. The van der Waals surface area contributed by atoms with E-state index in [-0.39, 0.29) is 5.82 Å². The molecule has 0 radical (unpaired) electrons. The van der Waals surface area contributed by atoms with Crippen LogP contribution in [0.3, 0.4) is 0 Å². The number of aliphatic hydroxyl groups is 1. The van der Waals surface area contributed by atoms with E-state index in [9.17, 15) is 4.79 Å². The zero-order valence-corrected chi connectivity index (χ0v) is 5.94. The fourth-order valence-corrected chi connectivity index (χ4v) is 0.588. The van der Waals surface area contributed by atoms with Crippen LogP contribution in [0.2, 0.25) is 0 Å². The molecule has 1 aromatic heterocycles. The van der Waals surface area contributed by atoms with Crippen molar-refractivity contribution in [3.63, 3.8) is 0 Å². The highest BCUT2D eigenvalue weighted by molar-refractivity contribution is 5.85. The van der Waals surface area contributed by atoms with Crippen molar-refractivity contribution in [3.05, 3.63) is 18.2 Å². The van der Waals surface area contributed by atoms with Gasteiger partial charge in [0.15, 0.2) is 6.29 Å². The van der Waals surface area contributed by atoms with Crippen LogP contribution in [0, 0.1) is 0 Å². The Morgan fingerprint density at radius 3 is 3.09 bits per heavy atom. The van der Waals surface area contributed by atoms with Gasteiger partial charge in [-0.1, -0.05) is 0 Å². The SMILES string of the molecule is CC(O)OC(=O)c1ncc[nH]1. The first-order chi connectivity index (χ1) is 5.20. The second-order valence-electron chi connectivity index (χ2n) is 1.94. The normalized spacial score (nSPS) is 12.5. The van der Waals surface area contributed by atoms with Crippen molar-refractivity contribution in [2.24, 2.45) is 0 Å². The third kappa shape index (κ3) is 2.05. The van der Waals surface area contributed by atoms with E-state index in [2.05, 4.69) is 14.7 Å². The molecule has 0 aliphatic carbocycles. The average molecular weight is 156 g/mol. The van der Waals surface area contributed by atoms with Crippen LogP contribution in [-0.2, 0) is 4.74 Å². The molecule has 5 nitrogen and oxygen atoms in total. The summed E-state index contributed by atoms with van der Waals surface area (Å²) in [6.07, 6.45) is 1.82. The van der Waals surface area contributed by atoms with Gasteiger partial charge in [-0.2, -0.15) is 0 Å². The predicted octanol–water partition coefficient (Wildman–Crippen LogP) is -0.0952. The van der Waals surface area contributed by atoms with E-state index in [0.29, 0.717) is 0 Å². The van der Waals surface area contributed by atoms with E-state index in [1.54, 1.807) is 0 Å². The van der Waals surface area contributed by atoms with Gasteiger partial charge < -0.3 is 14.8 Å². The molecular weight excluding hydrogens is 148 g/mol. The maximum atomic E-state index is 10.8. The van der Waals surface area contributed by atoms with Gasteiger partial charge in [0.2, 0.25) is 5.82 Å². The minimum Gasteiger partial charge on any atom is -0.430 e. The summed E-state index contributed by atoms with van der Waals surface area (Å²) in [7, 11) is 0. The quantitative estimate of drug-likeness (QED) is 0.463. The van der Waals surface area contributed by atoms with Crippen molar-refractivity contribution in [1.82, 2.24) is 9.97 Å². The maximum absolute atomic E-state index is 10.8. The summed E-state index contributed by atoms with van der Waals surface area (Å²) in [5.41, 5.74) is 0. The first-order valence-corrected chi connectivity index (χ1v) is 3.08. The van der Waals surface area contributed by atoms with Crippen molar-refractivity contribution in [2.45, 2.75) is 13.2 Å². The first kappa shape index (κ1) is 7.74. The van der Waals surface area contributed by atoms with E-state index in [1.807, 2.05) is 0 Å². The van der Waals surface area contributed by atoms with Crippen LogP contribution in [0.25, 0.3) is 0 Å². The molecule has 0 saturated heterocycles. The van der Waals surface area contributed by atoms with Crippen LogP contribution >= 0.6 is 0 Å². The lowest BCUT2D eigenvalue weighted by Gasteiger charge is -2.03. The lowest BCUT2D eigenvalue weighted by Crippen LogP contribution is -2.15. The summed E-state index contributed by atoms with van der Waals surface area (Å²) in [5.74, 6) is -0.573. The van der Waals surface area contributed by atoms with Gasteiger partial charge in [-0.15, -0.1) is 0 Å². The summed E-state index contributed by atoms with van der Waals surface area (Å²) in [6.45, 7) is 1.35. The number of carbonyl (C=O) groups excluding carboxylic acids is 1. The number of imidazole rings is 1. The molecule has 0 aromatic carbocycles. The number of H-pyrrole nitrogens is 1. The van der Waals surface area contributed by atoms with Crippen molar-refractivity contribution < 1.29 is 14.6 Å². The number of hydrogen-bond acceptors (Lipinski definition) is 4. The molecule has 0 fully saturated rings. The monoisotopic (exact) mass is 156 g/mol. The van der Waals surface area contributed by atoms with Crippen molar-refractivity contribution >= 4 is 5.97 Å². The minimum absolute atomic E-state index is 0.0888. The number of esters is 1. The van der Waals surface area contributed by atoms with Gasteiger partial charge in [0.1, 0.15) is 0 Å². The third-order valence-corrected chi connectivity index (χ3v) is 0.969. The fraction of sp³-hybridized carbons (Fsp3) is 0.333. The lowest BCUT2D eigenvalue weighted by molar-refractivity contribution is -0.0531. The molecule has 0 aliphatic heterocycles. The predicted molar refractivity (Wildman–Crippen MR) is 35.7 cm³/mol. The highest BCUT2D eigenvalue weighted by atomic mass is 16.6. The largest absolute Gasteiger partial charge is 0.430 e. The van der Waals surface area contributed by atoms with Gasteiger partial charge >= 0.3 is 5.97 Å². The number of hydrogen-bond donors (Lipinski definition) is 2. The third-order valence-electron chi connectivity index (χ3n) is 0.969. The van der Waals surface area contributed by atoms with Crippen molar-refractivity contribution in [2.75, 3.05) is 0 Å². The van der Waals surface area contributed by atoms with Gasteiger partial charge in [-0.25, -0.2) is 9.78 Å². The van der Waals surface area contributed by atoms with Gasteiger partial charge in [0.25, 0.3) is 0 Å². The second kappa shape index (κ2) is 3.16. The van der Waals surface area contributed by atoms with Crippen LogP contribution in [0.5, 0.6) is 0 Å². The molecular formula is C6H8N2O3. The van der Waals surface area contributed by atoms with Gasteiger partial charge in [-0.3, -0.25) is 0 Å². The Morgan fingerprint density at radius 2 is 2.64 bits per heavy atom. The highest BCUT2D eigenvalue weighted by Gasteiger charge is 2.10. The molecule has 0 aliphatic rings. The molecule has 1 unspecified atom stereocenters. The number of ether oxygens (including phenoxy) is 1. The highest BCUT2D eigenvalue weighted by Crippen LogP contribution is 1.94. The summed E-state index contributed by atoms with van der Waals surface area (Å²) in [4.78, 5) is 17.0. The standard InChI is InChI=1S/C6H8N2O3/c1-4(9)11-6(10)5-7-2-3-8-5/h2-4,9H,1H3,(H,7,8). The van der Waals surface area contributed by atoms with Crippen LogP contribution in [0.15, 0.2) is 12.4 Å². The molecule has 1 heterocycles. The van der Waals surface area contributed by atoms with Crippen LogP contribution in [0.1, 0.15) is 17.5 Å². The number of nitrogens with zero attached hydrogens (tertiary/aromatic N) is 1. The summed E-state index contributed by atoms with van der Waals surface area (Å²) < 4.78 is 4.42. The Hall–Kier alpha value is -1.36. The van der Waals surface area contributed by atoms with Gasteiger partial charge in [0.05, 0.1) is 0 Å². The summed E-state index contributed by atoms with van der Waals surface area (Å²) in [6, 6.07) is 0. The Morgan fingerprint density at radius 1 is 1.91 bits per heavy atom. The molecule has 0 bridgehead atoms. The molecule has 11 heavy (non-hydrogen) atoms. The summed E-state index contributed by atoms with van der Waals surface area (Å²) >= 11 is 0. The molecule has 0 spiro atoms. The molecule has 5 heteroatoms. The zero-order chi connectivity index (χ0) is 8.27. The number of aliphatic hydroxyl groups excluding tert-OH is 1. The van der Waals surface area contributed by atoms with E-state index < -0.39 is 12.3 Å². The smallest absolute Gasteiger partial charge is 0.376 e. The number of nitrogens with one attached hydrogen (secondary N) is 1. The maximum Gasteiger partial charge on any atom is 0.376 e. The number of aromatic nitrogens is 2. The van der Waals surface area contributed by atoms with E-state index >= 15 is 0 Å². The molecule has 1 aromatic rings. The molecule has 1 rings (SSSR count). The van der Waals surface area contributed by atoms with Crippen molar-refractivity contribution in [3.8, 4) is 0 Å². The van der Waals surface area contributed by atoms with E-state index in [1.165, 1.54) is 19.3 Å². The van der Waals surface area contributed by atoms with Gasteiger partial charge in [-0.05, 0) is 6.92 Å². The Kier molecular flexibility index (Phi) is 2.22. The molecule has 60 valence electrons. The Balaban J connectivity index is 2.57. The Bertz CT molecular complexity index is 230. The molecule has 2 N–H and O–H groups in total.